The lowest BCUT2D eigenvalue weighted by molar-refractivity contribution is -0.122. The molecule has 0 aliphatic carbocycles. The van der Waals surface area contributed by atoms with Crippen molar-refractivity contribution in [1.82, 2.24) is 10.2 Å². The fourth-order valence-corrected chi connectivity index (χ4v) is 3.08. The first kappa shape index (κ1) is 21.2. The van der Waals surface area contributed by atoms with Crippen LogP contribution < -0.4 is 5.32 Å². The molecule has 1 fully saturated rings. The van der Waals surface area contributed by atoms with Crippen LogP contribution >= 0.6 is 0 Å². The highest BCUT2D eigenvalue weighted by Crippen LogP contribution is 2.34. The number of rotatable bonds is 5. The van der Waals surface area contributed by atoms with Crippen LogP contribution in [0.2, 0.25) is 0 Å². The van der Waals surface area contributed by atoms with E-state index >= 15 is 0 Å². The Morgan fingerprint density at radius 3 is 2.37 bits per heavy atom. The maximum atomic E-state index is 13.3. The Morgan fingerprint density at radius 2 is 1.81 bits per heavy atom. The van der Waals surface area contributed by atoms with Crippen molar-refractivity contribution >= 4 is 12.0 Å². The van der Waals surface area contributed by atoms with E-state index in [9.17, 15) is 14.0 Å². The third-order valence-corrected chi connectivity index (χ3v) is 4.62. The largest absolute Gasteiger partial charge is 0.444 e. The smallest absolute Gasteiger partial charge is 0.410 e. The second-order valence-electron chi connectivity index (χ2n) is 8.01. The number of amides is 2. The van der Waals surface area contributed by atoms with Crippen molar-refractivity contribution in [2.24, 2.45) is 0 Å². The number of nitrogens with zero attached hydrogens (tertiary/aromatic N) is 1. The van der Waals surface area contributed by atoms with E-state index in [1.807, 2.05) is 0 Å². The Balaban J connectivity index is 1.97. The van der Waals surface area contributed by atoms with E-state index in [0.29, 0.717) is 19.8 Å². The monoisotopic (exact) mass is 380 g/mol. The molecule has 1 aromatic carbocycles. The number of likely N-dealkylation sites (N-methyl/N-ethyl adjacent to an activating group) is 1. The molecule has 2 rings (SSSR count). The van der Waals surface area contributed by atoms with Crippen LogP contribution in [0.3, 0.4) is 0 Å². The molecule has 0 bridgehead atoms. The molecule has 0 radical (unpaired) electrons. The number of hydrogen-bond acceptors (Lipinski definition) is 4. The molecule has 1 aliphatic heterocycles. The van der Waals surface area contributed by atoms with E-state index < -0.39 is 11.7 Å². The zero-order valence-electron chi connectivity index (χ0n) is 16.5. The Hall–Kier alpha value is -2.15. The van der Waals surface area contributed by atoms with Crippen LogP contribution in [0.1, 0.15) is 39.2 Å². The van der Waals surface area contributed by atoms with E-state index in [0.717, 1.165) is 18.4 Å². The summed E-state index contributed by atoms with van der Waals surface area (Å²) < 4.78 is 24.0. The predicted octanol–water partition coefficient (Wildman–Crippen LogP) is 2.86. The number of carbonyl (C=O) groups is 2. The summed E-state index contributed by atoms with van der Waals surface area (Å²) in [7, 11) is 1.53. The van der Waals surface area contributed by atoms with Gasteiger partial charge in [0.2, 0.25) is 5.91 Å². The topological polar surface area (TPSA) is 67.9 Å². The van der Waals surface area contributed by atoms with Gasteiger partial charge in [-0.2, -0.15) is 0 Å². The minimum Gasteiger partial charge on any atom is -0.444 e. The van der Waals surface area contributed by atoms with Crippen molar-refractivity contribution in [3.63, 3.8) is 0 Å². The van der Waals surface area contributed by atoms with Gasteiger partial charge in [-0.25, -0.2) is 9.18 Å². The fourth-order valence-electron chi connectivity index (χ4n) is 3.08. The quantitative estimate of drug-likeness (QED) is 0.853. The second-order valence-corrected chi connectivity index (χ2v) is 8.01. The molecule has 0 saturated carbocycles. The molecule has 7 heteroatoms. The Kier molecular flexibility index (Phi) is 6.81. The molecule has 1 saturated heterocycles. The van der Waals surface area contributed by atoms with Crippen molar-refractivity contribution in [3.05, 3.63) is 35.6 Å². The van der Waals surface area contributed by atoms with Gasteiger partial charge in [0, 0.05) is 32.2 Å². The van der Waals surface area contributed by atoms with Crippen molar-refractivity contribution in [2.75, 3.05) is 33.4 Å². The molecule has 2 amide bonds. The highest BCUT2D eigenvalue weighted by Gasteiger charge is 2.35. The van der Waals surface area contributed by atoms with E-state index in [4.69, 9.17) is 9.47 Å². The summed E-state index contributed by atoms with van der Waals surface area (Å²) in [4.78, 5) is 25.6. The summed E-state index contributed by atoms with van der Waals surface area (Å²) in [6.45, 7) is 6.81. The second kappa shape index (κ2) is 8.69. The normalized spacial score (nSPS) is 16.5. The van der Waals surface area contributed by atoms with Gasteiger partial charge < -0.3 is 19.7 Å². The van der Waals surface area contributed by atoms with Gasteiger partial charge in [-0.3, -0.25) is 4.79 Å². The highest BCUT2D eigenvalue weighted by molar-refractivity contribution is 5.82. The van der Waals surface area contributed by atoms with Crippen molar-refractivity contribution in [3.8, 4) is 0 Å². The Bertz CT molecular complexity index is 649. The van der Waals surface area contributed by atoms with Crippen molar-refractivity contribution < 1.29 is 23.5 Å². The fraction of sp³-hybridized carbons (Fsp3) is 0.600. The minimum atomic E-state index is -0.615. The van der Waals surface area contributed by atoms with Crippen LogP contribution in [0.4, 0.5) is 9.18 Å². The summed E-state index contributed by atoms with van der Waals surface area (Å²) in [5.74, 6) is -0.555. The molecule has 6 nitrogen and oxygen atoms in total. The van der Waals surface area contributed by atoms with Crippen LogP contribution in [0, 0.1) is 5.82 Å². The molecule has 27 heavy (non-hydrogen) atoms. The van der Waals surface area contributed by atoms with Gasteiger partial charge >= 0.3 is 6.09 Å². The summed E-state index contributed by atoms with van der Waals surface area (Å²) in [5, 5.41) is 2.92. The molecule has 1 N–H and O–H groups in total. The van der Waals surface area contributed by atoms with Crippen LogP contribution in [0.15, 0.2) is 24.3 Å². The Labute approximate surface area is 160 Å². The molecule has 0 atom stereocenters. The van der Waals surface area contributed by atoms with Gasteiger partial charge in [0.05, 0.1) is 0 Å². The van der Waals surface area contributed by atoms with E-state index in [-0.39, 0.29) is 23.7 Å². The number of benzene rings is 1. The molecule has 150 valence electrons. The molecule has 0 spiro atoms. The standard InChI is InChI=1S/C20H29FN2O4/c1-19(2,3)27-18(25)23(4)13-17(24)22-14-20(9-11-26-12-10-20)15-5-7-16(21)8-6-15/h5-8H,9-14H2,1-4H3,(H,22,24). The first-order valence-corrected chi connectivity index (χ1v) is 9.16. The summed E-state index contributed by atoms with van der Waals surface area (Å²) in [6.07, 6.45) is 0.929. The number of halogens is 1. The SMILES string of the molecule is CN(CC(=O)NCC1(c2ccc(F)cc2)CCOCC1)C(=O)OC(C)(C)C. The minimum absolute atomic E-state index is 0.0924. The average Bonchev–Trinajstić information content (AvgIpc) is 2.60. The lowest BCUT2D eigenvalue weighted by Crippen LogP contribution is -2.47. The Morgan fingerprint density at radius 1 is 1.22 bits per heavy atom. The molecule has 0 unspecified atom stereocenters. The summed E-state index contributed by atoms with van der Waals surface area (Å²) in [5.41, 5.74) is 0.0656. The highest BCUT2D eigenvalue weighted by atomic mass is 19.1. The van der Waals surface area contributed by atoms with Crippen LogP contribution in [0.25, 0.3) is 0 Å². The first-order chi connectivity index (χ1) is 12.6. The zero-order chi connectivity index (χ0) is 20.1. The maximum Gasteiger partial charge on any atom is 0.410 e. The number of ether oxygens (including phenoxy) is 2. The number of nitrogens with one attached hydrogen (secondary N) is 1. The molecular formula is C20H29FN2O4. The first-order valence-electron chi connectivity index (χ1n) is 9.16. The zero-order valence-corrected chi connectivity index (χ0v) is 16.5. The van der Waals surface area contributed by atoms with Gasteiger partial charge in [0.15, 0.2) is 0 Å². The van der Waals surface area contributed by atoms with Gasteiger partial charge in [0.25, 0.3) is 0 Å². The van der Waals surface area contributed by atoms with E-state index in [1.165, 1.54) is 24.1 Å². The van der Waals surface area contributed by atoms with Crippen LogP contribution in [-0.4, -0.2) is 55.9 Å². The lowest BCUT2D eigenvalue weighted by Gasteiger charge is -2.38. The maximum absolute atomic E-state index is 13.3. The molecule has 1 aliphatic rings. The van der Waals surface area contributed by atoms with Gasteiger partial charge in [0.1, 0.15) is 18.0 Å². The molecular weight excluding hydrogens is 351 g/mol. The van der Waals surface area contributed by atoms with Gasteiger partial charge in [-0.1, -0.05) is 12.1 Å². The number of carbonyl (C=O) groups excluding carboxylic acids is 2. The number of hydrogen-bond donors (Lipinski definition) is 1. The van der Waals surface area contributed by atoms with E-state index in [2.05, 4.69) is 5.32 Å². The summed E-state index contributed by atoms with van der Waals surface area (Å²) in [6, 6.07) is 6.40. The van der Waals surface area contributed by atoms with E-state index in [1.54, 1.807) is 32.9 Å². The molecule has 0 aromatic heterocycles. The van der Waals surface area contributed by atoms with Crippen molar-refractivity contribution in [1.29, 1.82) is 0 Å². The third-order valence-electron chi connectivity index (χ3n) is 4.62. The summed E-state index contributed by atoms with van der Waals surface area (Å²) >= 11 is 0. The lowest BCUT2D eigenvalue weighted by atomic mass is 9.74. The van der Waals surface area contributed by atoms with Crippen molar-refractivity contribution in [2.45, 2.75) is 44.6 Å². The van der Waals surface area contributed by atoms with Crippen LogP contribution in [0.5, 0.6) is 0 Å². The predicted molar refractivity (Wildman–Crippen MR) is 100 cm³/mol. The van der Waals surface area contributed by atoms with Crippen LogP contribution in [-0.2, 0) is 19.7 Å². The van der Waals surface area contributed by atoms with Gasteiger partial charge in [-0.05, 0) is 51.3 Å². The molecule has 1 aromatic rings. The third kappa shape index (κ3) is 6.20. The van der Waals surface area contributed by atoms with Gasteiger partial charge in [-0.15, -0.1) is 0 Å². The molecule has 1 heterocycles. The average molecular weight is 380 g/mol.